The van der Waals surface area contributed by atoms with Gasteiger partial charge in [0.05, 0.1) is 0 Å². The highest BCUT2D eigenvalue weighted by molar-refractivity contribution is 5.94. The molecule has 0 radical (unpaired) electrons. The van der Waals surface area contributed by atoms with Crippen LogP contribution in [0.4, 0.5) is 0 Å². The van der Waals surface area contributed by atoms with Crippen molar-refractivity contribution in [3.8, 4) is 0 Å². The van der Waals surface area contributed by atoms with Crippen LogP contribution in [-0.4, -0.2) is 24.9 Å². The lowest BCUT2D eigenvalue weighted by Crippen LogP contribution is -2.13. The Bertz CT molecular complexity index is 588. The van der Waals surface area contributed by atoms with Gasteiger partial charge in [0.15, 0.2) is 0 Å². The van der Waals surface area contributed by atoms with Gasteiger partial charge in [-0.1, -0.05) is 42.5 Å². The number of nitrogens with zero attached hydrogens (tertiary/aromatic N) is 1. The van der Waals surface area contributed by atoms with Crippen molar-refractivity contribution in [1.82, 2.24) is 4.90 Å². The summed E-state index contributed by atoms with van der Waals surface area (Å²) in [6.07, 6.45) is 0.724. The zero-order valence-electron chi connectivity index (χ0n) is 12.0. The first-order valence-corrected chi connectivity index (χ1v) is 6.66. The molecule has 0 saturated carbocycles. The van der Waals surface area contributed by atoms with E-state index in [1.807, 2.05) is 18.2 Å². The molecule has 0 bridgehead atoms. The fourth-order valence-corrected chi connectivity index (χ4v) is 2.26. The first kappa shape index (κ1) is 14.3. The number of hydrogen-bond donors (Lipinski definition) is 1. The molecular formula is C17H20N2O. The van der Waals surface area contributed by atoms with E-state index < -0.39 is 0 Å². The smallest absolute Gasteiger partial charge is 0.248 e. The molecule has 0 saturated heterocycles. The molecular weight excluding hydrogens is 248 g/mol. The molecule has 0 aliphatic rings. The summed E-state index contributed by atoms with van der Waals surface area (Å²) in [6.45, 7) is 0.929. The fraction of sp³-hybridized carbons (Fsp3) is 0.235. The van der Waals surface area contributed by atoms with Crippen molar-refractivity contribution in [1.29, 1.82) is 0 Å². The number of benzene rings is 2. The molecule has 20 heavy (non-hydrogen) atoms. The zero-order valence-corrected chi connectivity index (χ0v) is 12.0. The third kappa shape index (κ3) is 3.68. The molecule has 3 heteroatoms. The van der Waals surface area contributed by atoms with Crippen LogP contribution in [0.1, 0.15) is 27.0 Å². The predicted octanol–water partition coefficient (Wildman–Crippen LogP) is 2.44. The van der Waals surface area contributed by atoms with Crippen LogP contribution in [0.2, 0.25) is 0 Å². The predicted molar refractivity (Wildman–Crippen MR) is 81.6 cm³/mol. The Morgan fingerprint density at radius 1 is 1.00 bits per heavy atom. The maximum Gasteiger partial charge on any atom is 0.248 e. The SMILES string of the molecule is CN(C)Cc1ccc(Cc2ccccc2C(N)=O)cc1. The Morgan fingerprint density at radius 3 is 2.20 bits per heavy atom. The first-order chi connectivity index (χ1) is 9.56. The average molecular weight is 268 g/mol. The van der Waals surface area contributed by atoms with Crippen molar-refractivity contribution in [2.45, 2.75) is 13.0 Å². The lowest BCUT2D eigenvalue weighted by molar-refractivity contribution is 0.0999. The lowest BCUT2D eigenvalue weighted by Gasteiger charge is -2.11. The fourth-order valence-electron chi connectivity index (χ4n) is 2.26. The number of nitrogens with two attached hydrogens (primary N) is 1. The minimum atomic E-state index is -0.371. The van der Waals surface area contributed by atoms with Crippen LogP contribution in [-0.2, 0) is 13.0 Å². The molecule has 2 aromatic rings. The third-order valence-electron chi connectivity index (χ3n) is 3.20. The van der Waals surface area contributed by atoms with Gasteiger partial charge in [-0.25, -0.2) is 0 Å². The minimum absolute atomic E-state index is 0.371. The van der Waals surface area contributed by atoms with Crippen molar-refractivity contribution >= 4 is 5.91 Å². The second-order valence-electron chi connectivity index (χ2n) is 5.25. The molecule has 3 nitrogen and oxygen atoms in total. The number of hydrogen-bond acceptors (Lipinski definition) is 2. The van der Waals surface area contributed by atoms with Crippen molar-refractivity contribution in [2.24, 2.45) is 5.73 Å². The van der Waals surface area contributed by atoms with Gasteiger partial charge in [0.1, 0.15) is 0 Å². The van der Waals surface area contributed by atoms with Crippen molar-refractivity contribution in [3.63, 3.8) is 0 Å². The molecule has 0 atom stereocenters. The molecule has 2 N–H and O–H groups in total. The molecule has 0 aliphatic heterocycles. The van der Waals surface area contributed by atoms with E-state index in [-0.39, 0.29) is 5.91 Å². The quantitative estimate of drug-likeness (QED) is 0.905. The number of rotatable bonds is 5. The van der Waals surface area contributed by atoms with Gasteiger partial charge >= 0.3 is 0 Å². The van der Waals surface area contributed by atoms with Crippen molar-refractivity contribution in [3.05, 3.63) is 70.8 Å². The molecule has 1 amide bonds. The molecule has 0 unspecified atom stereocenters. The van der Waals surface area contributed by atoms with Crippen LogP contribution >= 0.6 is 0 Å². The van der Waals surface area contributed by atoms with Crippen LogP contribution in [0, 0.1) is 0 Å². The maximum atomic E-state index is 11.4. The van der Waals surface area contributed by atoms with Gasteiger partial charge in [-0.15, -0.1) is 0 Å². The molecule has 0 fully saturated rings. The van der Waals surface area contributed by atoms with Crippen LogP contribution in [0.5, 0.6) is 0 Å². The summed E-state index contributed by atoms with van der Waals surface area (Å²) in [5, 5.41) is 0. The van der Waals surface area contributed by atoms with E-state index in [1.54, 1.807) is 6.07 Å². The normalized spacial score (nSPS) is 10.8. The Labute approximate surface area is 120 Å². The Balaban J connectivity index is 2.16. The van der Waals surface area contributed by atoms with E-state index in [1.165, 1.54) is 11.1 Å². The Morgan fingerprint density at radius 2 is 1.60 bits per heavy atom. The number of carbonyl (C=O) groups excluding carboxylic acids is 1. The first-order valence-electron chi connectivity index (χ1n) is 6.66. The summed E-state index contributed by atoms with van der Waals surface area (Å²) >= 11 is 0. The van der Waals surface area contributed by atoms with Gasteiger partial charge < -0.3 is 10.6 Å². The zero-order chi connectivity index (χ0) is 14.5. The highest BCUT2D eigenvalue weighted by Gasteiger charge is 2.07. The van der Waals surface area contributed by atoms with E-state index in [9.17, 15) is 4.79 Å². The van der Waals surface area contributed by atoms with Crippen molar-refractivity contribution in [2.75, 3.05) is 14.1 Å². The van der Waals surface area contributed by atoms with E-state index in [0.717, 1.165) is 18.5 Å². The summed E-state index contributed by atoms with van der Waals surface area (Å²) in [6, 6.07) is 16.0. The molecule has 0 aromatic heterocycles. The molecule has 104 valence electrons. The maximum absolute atomic E-state index is 11.4. The summed E-state index contributed by atoms with van der Waals surface area (Å²) in [5.74, 6) is -0.371. The average Bonchev–Trinajstić information content (AvgIpc) is 2.41. The standard InChI is InChI=1S/C17H20N2O/c1-19(2)12-14-9-7-13(8-10-14)11-15-5-3-4-6-16(15)17(18)20/h3-10H,11-12H2,1-2H3,(H2,18,20). The monoisotopic (exact) mass is 268 g/mol. The summed E-state index contributed by atoms with van der Waals surface area (Å²) in [7, 11) is 4.11. The third-order valence-corrected chi connectivity index (χ3v) is 3.20. The summed E-state index contributed by atoms with van der Waals surface area (Å²) in [4.78, 5) is 13.5. The Kier molecular flexibility index (Phi) is 4.53. The molecule has 0 spiro atoms. The Hall–Kier alpha value is -2.13. The van der Waals surface area contributed by atoms with Gasteiger partial charge in [0.2, 0.25) is 5.91 Å². The second-order valence-corrected chi connectivity index (χ2v) is 5.25. The number of primary amides is 1. The van der Waals surface area contributed by atoms with Crippen LogP contribution < -0.4 is 5.73 Å². The highest BCUT2D eigenvalue weighted by Crippen LogP contribution is 2.15. The molecule has 0 heterocycles. The molecule has 2 rings (SSSR count). The van der Waals surface area contributed by atoms with E-state index in [4.69, 9.17) is 5.73 Å². The minimum Gasteiger partial charge on any atom is -0.366 e. The van der Waals surface area contributed by atoms with E-state index >= 15 is 0 Å². The van der Waals surface area contributed by atoms with Gasteiger partial charge in [-0.3, -0.25) is 4.79 Å². The van der Waals surface area contributed by atoms with E-state index in [0.29, 0.717) is 5.56 Å². The summed E-state index contributed by atoms with van der Waals surface area (Å²) < 4.78 is 0. The van der Waals surface area contributed by atoms with Gasteiger partial charge in [0.25, 0.3) is 0 Å². The van der Waals surface area contributed by atoms with Crippen molar-refractivity contribution < 1.29 is 4.79 Å². The van der Waals surface area contributed by atoms with Crippen LogP contribution in [0.15, 0.2) is 48.5 Å². The summed E-state index contributed by atoms with van der Waals surface area (Å²) in [5.41, 5.74) is 9.44. The number of amides is 1. The van der Waals surface area contributed by atoms with Gasteiger partial charge in [-0.05, 0) is 43.3 Å². The van der Waals surface area contributed by atoms with Crippen LogP contribution in [0.3, 0.4) is 0 Å². The number of carbonyl (C=O) groups is 1. The molecule has 2 aromatic carbocycles. The molecule has 0 aliphatic carbocycles. The highest BCUT2D eigenvalue weighted by atomic mass is 16.1. The van der Waals surface area contributed by atoms with Gasteiger partial charge in [-0.2, -0.15) is 0 Å². The largest absolute Gasteiger partial charge is 0.366 e. The van der Waals surface area contributed by atoms with E-state index in [2.05, 4.69) is 43.3 Å². The lowest BCUT2D eigenvalue weighted by atomic mass is 9.98. The van der Waals surface area contributed by atoms with Gasteiger partial charge in [0, 0.05) is 12.1 Å². The topological polar surface area (TPSA) is 46.3 Å². The van der Waals surface area contributed by atoms with Crippen LogP contribution in [0.25, 0.3) is 0 Å². The second kappa shape index (κ2) is 6.35.